The Bertz CT molecular complexity index is 1320. The van der Waals surface area contributed by atoms with Gasteiger partial charge in [0, 0.05) is 5.56 Å². The largest absolute Gasteiger partial charge is 0.491 e. The maximum absolute atomic E-state index is 13.5. The molecule has 0 radical (unpaired) electrons. The van der Waals surface area contributed by atoms with Gasteiger partial charge < -0.3 is 20.1 Å². The molecule has 1 unspecified atom stereocenters. The lowest BCUT2D eigenvalue weighted by atomic mass is 9.87. The second-order valence-electron chi connectivity index (χ2n) is 12.4. The van der Waals surface area contributed by atoms with Crippen LogP contribution in [0.25, 0.3) is 10.8 Å². The first kappa shape index (κ1) is 27.5. The predicted molar refractivity (Wildman–Crippen MR) is 152 cm³/mol. The molecule has 202 valence electrons. The summed E-state index contributed by atoms with van der Waals surface area (Å²) < 4.78 is 11.5. The van der Waals surface area contributed by atoms with Crippen LogP contribution < -0.4 is 15.4 Å². The van der Waals surface area contributed by atoms with Gasteiger partial charge in [0.2, 0.25) is 0 Å². The van der Waals surface area contributed by atoms with Crippen molar-refractivity contribution in [2.45, 2.75) is 78.5 Å². The smallest absolute Gasteiger partial charge is 0.408 e. The Labute approximate surface area is 226 Å². The molecule has 1 fully saturated rings. The molecule has 6 nitrogen and oxygen atoms in total. The molecule has 1 aliphatic rings. The van der Waals surface area contributed by atoms with E-state index in [2.05, 4.69) is 41.0 Å². The van der Waals surface area contributed by atoms with Gasteiger partial charge in [-0.1, -0.05) is 69.3 Å². The summed E-state index contributed by atoms with van der Waals surface area (Å²) in [6, 6.07) is 19.8. The topological polar surface area (TPSA) is 76.7 Å². The van der Waals surface area contributed by atoms with Crippen molar-refractivity contribution >= 4 is 22.8 Å². The van der Waals surface area contributed by atoms with Crippen molar-refractivity contribution in [3.8, 4) is 5.75 Å². The Morgan fingerprint density at radius 3 is 2.29 bits per heavy atom. The van der Waals surface area contributed by atoms with E-state index in [-0.39, 0.29) is 29.5 Å². The highest BCUT2D eigenvalue weighted by Crippen LogP contribution is 2.48. The average Bonchev–Trinajstić information content (AvgIpc) is 3.60. The third-order valence-electron chi connectivity index (χ3n) is 7.01. The maximum atomic E-state index is 13.5. The van der Waals surface area contributed by atoms with Gasteiger partial charge in [0.25, 0.3) is 5.91 Å². The summed E-state index contributed by atoms with van der Waals surface area (Å²) in [5, 5.41) is 8.61. The van der Waals surface area contributed by atoms with E-state index in [0.29, 0.717) is 11.3 Å². The molecular weight excluding hydrogens is 476 g/mol. The number of carbonyl (C=O) groups is 2. The van der Waals surface area contributed by atoms with Crippen molar-refractivity contribution in [1.82, 2.24) is 10.6 Å². The van der Waals surface area contributed by atoms with E-state index in [1.54, 1.807) is 6.07 Å². The van der Waals surface area contributed by atoms with Crippen molar-refractivity contribution < 1.29 is 19.1 Å². The number of benzene rings is 3. The number of aryl methyl sites for hydroxylation is 1. The molecule has 3 aromatic rings. The molecule has 1 aliphatic carbocycles. The molecule has 0 saturated heterocycles. The fourth-order valence-corrected chi connectivity index (χ4v) is 4.59. The van der Waals surface area contributed by atoms with E-state index in [0.717, 1.165) is 24.0 Å². The first-order valence-electron chi connectivity index (χ1n) is 13.3. The molecule has 0 bridgehead atoms. The lowest BCUT2D eigenvalue weighted by molar-refractivity contribution is 0.0430. The number of carbonyl (C=O) groups excluding carboxylic acids is 2. The minimum atomic E-state index is -0.586. The van der Waals surface area contributed by atoms with E-state index < -0.39 is 11.7 Å². The second-order valence-corrected chi connectivity index (χ2v) is 12.4. The summed E-state index contributed by atoms with van der Waals surface area (Å²) in [4.78, 5) is 25.9. The molecular formula is C32H40N2O4. The minimum Gasteiger partial charge on any atom is -0.491 e. The molecule has 1 atom stereocenters. The molecule has 0 spiro atoms. The summed E-state index contributed by atoms with van der Waals surface area (Å²) in [6.45, 7) is 13.8. The molecule has 38 heavy (non-hydrogen) atoms. The van der Waals surface area contributed by atoms with Crippen molar-refractivity contribution in [2.75, 3.05) is 6.61 Å². The Morgan fingerprint density at radius 1 is 0.947 bits per heavy atom. The van der Waals surface area contributed by atoms with Crippen molar-refractivity contribution in [3.05, 3.63) is 77.4 Å². The molecule has 3 aromatic carbocycles. The lowest BCUT2D eigenvalue weighted by Gasteiger charge is -2.32. The highest BCUT2D eigenvalue weighted by molar-refractivity contribution is 5.97. The SMILES string of the molecule is Cc1ccc(OCC(NC(=O)OC(C)(C)C)C(C)(C)C)cc1C(=O)NC1(c2cccc3ccccc23)CC1. The van der Waals surface area contributed by atoms with Gasteiger partial charge in [0.05, 0.1) is 11.6 Å². The highest BCUT2D eigenvalue weighted by atomic mass is 16.6. The fourth-order valence-electron chi connectivity index (χ4n) is 4.59. The molecule has 4 rings (SSSR count). The van der Waals surface area contributed by atoms with E-state index in [4.69, 9.17) is 9.47 Å². The van der Waals surface area contributed by atoms with Crippen molar-refractivity contribution in [2.24, 2.45) is 5.41 Å². The van der Waals surface area contributed by atoms with Crippen LogP contribution in [0.3, 0.4) is 0 Å². The Morgan fingerprint density at radius 2 is 1.63 bits per heavy atom. The molecule has 0 aromatic heterocycles. The zero-order valence-corrected chi connectivity index (χ0v) is 23.6. The van der Waals surface area contributed by atoms with E-state index in [1.807, 2.05) is 72.7 Å². The summed E-state index contributed by atoms with van der Waals surface area (Å²) in [5.41, 5.74) is 1.42. The molecule has 0 heterocycles. The summed E-state index contributed by atoms with van der Waals surface area (Å²) >= 11 is 0. The monoisotopic (exact) mass is 516 g/mol. The maximum Gasteiger partial charge on any atom is 0.408 e. The number of ether oxygens (including phenoxy) is 2. The van der Waals surface area contributed by atoms with Crippen LogP contribution in [-0.4, -0.2) is 30.3 Å². The van der Waals surface area contributed by atoms with Gasteiger partial charge in [-0.2, -0.15) is 0 Å². The fraction of sp³-hybridized carbons (Fsp3) is 0.438. The van der Waals surface area contributed by atoms with Gasteiger partial charge >= 0.3 is 6.09 Å². The van der Waals surface area contributed by atoms with E-state index >= 15 is 0 Å². The zero-order chi connectivity index (χ0) is 27.7. The summed E-state index contributed by atoms with van der Waals surface area (Å²) in [6.07, 6.45) is 1.34. The van der Waals surface area contributed by atoms with Crippen LogP contribution in [0, 0.1) is 12.3 Å². The van der Waals surface area contributed by atoms with Gasteiger partial charge in [-0.25, -0.2) is 4.79 Å². The minimum absolute atomic E-state index is 0.113. The van der Waals surface area contributed by atoms with Crippen LogP contribution in [-0.2, 0) is 10.3 Å². The first-order chi connectivity index (χ1) is 17.8. The molecule has 6 heteroatoms. The second kappa shape index (κ2) is 10.3. The van der Waals surface area contributed by atoms with Crippen LogP contribution in [0.4, 0.5) is 4.79 Å². The molecule has 2 N–H and O–H groups in total. The number of fused-ring (bicyclic) bond motifs is 1. The molecule has 1 saturated carbocycles. The molecule has 2 amide bonds. The lowest BCUT2D eigenvalue weighted by Crippen LogP contribution is -2.49. The zero-order valence-electron chi connectivity index (χ0n) is 23.6. The average molecular weight is 517 g/mol. The van der Waals surface area contributed by atoms with Gasteiger partial charge in [0.1, 0.15) is 18.0 Å². The number of alkyl carbamates (subject to hydrolysis) is 1. The van der Waals surface area contributed by atoms with Crippen LogP contribution in [0.15, 0.2) is 60.7 Å². The van der Waals surface area contributed by atoms with Crippen LogP contribution >= 0.6 is 0 Å². The Hall–Kier alpha value is -3.54. The van der Waals surface area contributed by atoms with Gasteiger partial charge in [-0.3, -0.25) is 4.79 Å². The molecule has 0 aliphatic heterocycles. The van der Waals surface area contributed by atoms with Crippen molar-refractivity contribution in [1.29, 1.82) is 0 Å². The van der Waals surface area contributed by atoms with Crippen molar-refractivity contribution in [3.63, 3.8) is 0 Å². The quantitative estimate of drug-likeness (QED) is 0.359. The third-order valence-corrected chi connectivity index (χ3v) is 7.01. The van der Waals surface area contributed by atoms with E-state index in [9.17, 15) is 9.59 Å². The summed E-state index contributed by atoms with van der Waals surface area (Å²) in [5.74, 6) is 0.466. The normalized spacial score (nSPS) is 15.4. The number of amides is 2. The van der Waals surface area contributed by atoms with Crippen LogP contribution in [0.2, 0.25) is 0 Å². The Balaban J connectivity index is 1.48. The van der Waals surface area contributed by atoms with Gasteiger partial charge in [0.15, 0.2) is 0 Å². The Kier molecular flexibility index (Phi) is 7.46. The standard InChI is InChI=1S/C32H40N2O4/c1-21-15-16-23(37-20-27(30(2,3)4)33-29(36)38-31(5,6)7)19-25(21)28(35)34-32(17-18-32)26-14-10-12-22-11-8-9-13-24(22)26/h8-16,19,27H,17-18,20H2,1-7H3,(H,33,36)(H,34,35). The number of hydrogen-bond donors (Lipinski definition) is 2. The van der Waals surface area contributed by atoms with E-state index in [1.165, 1.54) is 10.8 Å². The van der Waals surface area contributed by atoms with Gasteiger partial charge in [-0.05, 0) is 80.0 Å². The number of rotatable bonds is 7. The number of nitrogens with one attached hydrogen (secondary N) is 2. The van der Waals surface area contributed by atoms with Crippen LogP contribution in [0.1, 0.15) is 75.9 Å². The van der Waals surface area contributed by atoms with Crippen LogP contribution in [0.5, 0.6) is 5.75 Å². The summed E-state index contributed by atoms with van der Waals surface area (Å²) in [7, 11) is 0. The van der Waals surface area contributed by atoms with Gasteiger partial charge in [-0.15, -0.1) is 0 Å². The third kappa shape index (κ3) is 6.47. The number of hydrogen-bond acceptors (Lipinski definition) is 4. The highest BCUT2D eigenvalue weighted by Gasteiger charge is 2.46. The first-order valence-corrected chi connectivity index (χ1v) is 13.3. The predicted octanol–water partition coefficient (Wildman–Crippen LogP) is 6.89.